The molecule has 2 atom stereocenters. The predicted molar refractivity (Wildman–Crippen MR) is 126 cm³/mol. The van der Waals surface area contributed by atoms with Gasteiger partial charge in [-0.3, -0.25) is 19.9 Å². The van der Waals surface area contributed by atoms with Crippen LogP contribution in [-0.2, 0) is 14.4 Å². The number of β-lactam (4-membered cyclic amide) rings is 1. The molecule has 176 valence electrons. The highest BCUT2D eigenvalue weighted by Gasteiger charge is 2.54. The maximum atomic E-state index is 12.8. The van der Waals surface area contributed by atoms with Gasteiger partial charge in [0, 0.05) is 22.8 Å². The lowest BCUT2D eigenvalue weighted by Gasteiger charge is -2.49. The van der Waals surface area contributed by atoms with Gasteiger partial charge >= 0.3 is 5.97 Å². The van der Waals surface area contributed by atoms with Crippen LogP contribution in [0.25, 0.3) is 0 Å². The maximum absolute atomic E-state index is 12.8. The number of nitrogens with one attached hydrogen (secondary N) is 2. The Morgan fingerprint density at radius 2 is 2.18 bits per heavy atom. The molecule has 1 aromatic heterocycles. The third-order valence-corrected chi connectivity index (χ3v) is 8.04. The highest BCUT2D eigenvalue weighted by Crippen LogP contribution is 2.43. The van der Waals surface area contributed by atoms with Crippen LogP contribution in [0.3, 0.4) is 0 Å². The lowest BCUT2D eigenvalue weighted by Crippen LogP contribution is -2.71. The summed E-state index contributed by atoms with van der Waals surface area (Å²) in [4.78, 5) is 42.5. The van der Waals surface area contributed by atoms with Crippen molar-refractivity contribution in [1.29, 1.82) is 5.41 Å². The zero-order valence-electron chi connectivity index (χ0n) is 16.4. The first-order valence-electron chi connectivity index (χ1n) is 8.87. The zero-order valence-corrected chi connectivity index (χ0v) is 19.6. The van der Waals surface area contributed by atoms with Gasteiger partial charge in [0.2, 0.25) is 0 Å². The first-order chi connectivity index (χ1) is 15.6. The van der Waals surface area contributed by atoms with Gasteiger partial charge in [0.1, 0.15) is 33.0 Å². The highest BCUT2D eigenvalue weighted by atomic mass is 35.5. The number of carbonyl (C=O) groups is 3. The number of aromatic nitrogens is 1. The number of fused-ring (bicyclic) bond motifs is 1. The summed E-state index contributed by atoms with van der Waals surface area (Å²) >= 11 is 9.07. The standard InChI is InChI=1S/C16H17ClN8O5S3/c17-10-6(23-16(21)33-10)7(24-30)12(26)22-8-13(27)25-9(15(28)29)5(3-32-14(8)25)31-2-4(1-18)11(19)20/h2,8,14,30H,1,3,18H2,(H3,19,20)(H2,21,23)(H,22,26)(H,28,29)/b4-2+,24-7-/t8?,14-/m1/s1. The van der Waals surface area contributed by atoms with Gasteiger partial charge in [-0.1, -0.05) is 39.9 Å². The highest BCUT2D eigenvalue weighted by molar-refractivity contribution is 8.08. The summed E-state index contributed by atoms with van der Waals surface area (Å²) in [7, 11) is 0. The monoisotopic (exact) mass is 532 g/mol. The molecule has 3 heterocycles. The SMILES string of the molecule is N=C(N)/C(=C/SC1=C(C(=O)O)N2C(=O)C(NC(=O)/C(=N\O)c3nc(N)sc3Cl)[C@H]2SC1)CN. The first kappa shape index (κ1) is 24.8. The van der Waals surface area contributed by atoms with Crippen LogP contribution in [0, 0.1) is 5.41 Å². The van der Waals surface area contributed by atoms with E-state index in [2.05, 4.69) is 15.5 Å². The van der Waals surface area contributed by atoms with E-state index in [9.17, 15) is 24.7 Å². The van der Waals surface area contributed by atoms with E-state index in [1.165, 1.54) is 17.2 Å². The Labute approximate surface area is 203 Å². The number of oxime groups is 1. The van der Waals surface area contributed by atoms with E-state index in [0.717, 1.165) is 28.0 Å². The number of nitrogen functional groups attached to an aromatic ring is 1. The molecular formula is C16H17ClN8O5S3. The summed E-state index contributed by atoms with van der Waals surface area (Å²) in [5.41, 5.74) is 15.9. The van der Waals surface area contributed by atoms with Gasteiger partial charge in [-0.15, -0.1) is 11.8 Å². The number of carboxylic acid groups (broad SMARTS) is 1. The van der Waals surface area contributed by atoms with Crippen molar-refractivity contribution in [1.82, 2.24) is 15.2 Å². The van der Waals surface area contributed by atoms with Crippen LogP contribution in [0.15, 0.2) is 26.7 Å². The molecule has 1 unspecified atom stereocenters. The van der Waals surface area contributed by atoms with Gasteiger partial charge < -0.3 is 32.8 Å². The van der Waals surface area contributed by atoms with Crippen LogP contribution < -0.4 is 22.5 Å². The number of hydrogen-bond donors (Lipinski definition) is 7. The molecule has 0 aromatic carbocycles. The van der Waals surface area contributed by atoms with Crippen molar-refractivity contribution in [2.75, 3.05) is 18.0 Å². The van der Waals surface area contributed by atoms with Gasteiger partial charge in [-0.25, -0.2) is 9.78 Å². The molecule has 0 bridgehead atoms. The van der Waals surface area contributed by atoms with Crippen LogP contribution in [-0.4, -0.2) is 73.2 Å². The number of halogens is 1. The number of nitrogens with zero attached hydrogens (tertiary/aromatic N) is 3. The molecule has 0 aliphatic carbocycles. The van der Waals surface area contributed by atoms with Crippen molar-refractivity contribution in [3.63, 3.8) is 0 Å². The molecule has 0 saturated carbocycles. The summed E-state index contributed by atoms with van der Waals surface area (Å²) in [6.45, 7) is -0.00602. The van der Waals surface area contributed by atoms with E-state index in [1.807, 2.05) is 0 Å². The molecule has 1 fully saturated rings. The van der Waals surface area contributed by atoms with Crippen molar-refractivity contribution >= 4 is 80.9 Å². The van der Waals surface area contributed by atoms with Crippen LogP contribution >= 0.6 is 46.5 Å². The smallest absolute Gasteiger partial charge is 0.353 e. The molecule has 0 radical (unpaired) electrons. The fourth-order valence-corrected chi connectivity index (χ4v) is 6.32. The second kappa shape index (κ2) is 10.0. The van der Waals surface area contributed by atoms with Gasteiger partial charge in [0.25, 0.3) is 11.8 Å². The minimum absolute atomic E-state index is 0.00602. The van der Waals surface area contributed by atoms with Crippen molar-refractivity contribution in [3.05, 3.63) is 31.6 Å². The molecule has 2 aliphatic rings. The number of amidine groups is 1. The number of nitrogens with two attached hydrogens (primary N) is 3. The normalized spacial score (nSPS) is 20.9. The van der Waals surface area contributed by atoms with Crippen LogP contribution in [0.4, 0.5) is 5.13 Å². The Kier molecular flexibility index (Phi) is 7.53. The number of thiazole rings is 1. The molecule has 10 N–H and O–H groups in total. The van der Waals surface area contributed by atoms with E-state index < -0.39 is 34.9 Å². The lowest BCUT2D eigenvalue weighted by molar-refractivity contribution is -0.150. The lowest BCUT2D eigenvalue weighted by atomic mass is 10.0. The summed E-state index contributed by atoms with van der Waals surface area (Å²) < 4.78 is 0.0253. The summed E-state index contributed by atoms with van der Waals surface area (Å²) in [6.07, 6.45) is 0. The van der Waals surface area contributed by atoms with E-state index in [4.69, 9.17) is 34.2 Å². The molecule has 17 heteroatoms. The Morgan fingerprint density at radius 3 is 2.70 bits per heavy atom. The maximum Gasteiger partial charge on any atom is 0.353 e. The first-order valence-corrected chi connectivity index (χ1v) is 12.0. The van der Waals surface area contributed by atoms with E-state index in [0.29, 0.717) is 10.5 Å². The Bertz CT molecular complexity index is 1130. The second-order valence-electron chi connectivity index (χ2n) is 6.44. The molecular weight excluding hydrogens is 516 g/mol. The zero-order chi connectivity index (χ0) is 24.4. The number of hydrogen-bond acceptors (Lipinski definition) is 12. The molecule has 3 rings (SSSR count). The number of amides is 2. The minimum Gasteiger partial charge on any atom is -0.477 e. The molecule has 0 spiro atoms. The van der Waals surface area contributed by atoms with Crippen LogP contribution in [0.1, 0.15) is 5.69 Å². The van der Waals surface area contributed by atoms with Gasteiger partial charge in [-0.05, 0) is 5.41 Å². The van der Waals surface area contributed by atoms with Crippen molar-refractivity contribution in [2.45, 2.75) is 11.4 Å². The summed E-state index contributed by atoms with van der Waals surface area (Å²) in [5, 5.41) is 32.6. The van der Waals surface area contributed by atoms with Gasteiger partial charge in [0.15, 0.2) is 10.8 Å². The minimum atomic E-state index is -1.33. The third-order valence-electron chi connectivity index (χ3n) is 4.47. The number of rotatable bonds is 8. The Hall–Kier alpha value is -2.79. The average molecular weight is 533 g/mol. The molecule has 33 heavy (non-hydrogen) atoms. The van der Waals surface area contributed by atoms with Crippen LogP contribution in [0.5, 0.6) is 0 Å². The van der Waals surface area contributed by atoms with E-state index in [-0.39, 0.29) is 39.0 Å². The van der Waals surface area contributed by atoms with Crippen molar-refractivity contribution < 1.29 is 24.7 Å². The van der Waals surface area contributed by atoms with Gasteiger partial charge in [0.05, 0.1) is 0 Å². The fourth-order valence-electron chi connectivity index (χ4n) is 2.92. The predicted octanol–water partition coefficient (Wildman–Crippen LogP) is -0.235. The van der Waals surface area contributed by atoms with Crippen molar-refractivity contribution in [2.24, 2.45) is 16.6 Å². The Morgan fingerprint density at radius 1 is 1.48 bits per heavy atom. The number of carboxylic acids is 1. The largest absolute Gasteiger partial charge is 0.477 e. The second-order valence-corrected chi connectivity index (χ2v) is 10.1. The van der Waals surface area contributed by atoms with Gasteiger partial charge in [-0.2, -0.15) is 0 Å². The number of carbonyl (C=O) groups excluding carboxylic acids is 2. The Balaban J connectivity index is 1.80. The van der Waals surface area contributed by atoms with Crippen molar-refractivity contribution in [3.8, 4) is 0 Å². The fraction of sp³-hybridized carbons (Fsp3) is 0.250. The molecule has 2 amide bonds. The molecule has 1 saturated heterocycles. The third kappa shape index (κ3) is 4.79. The number of thioether (sulfide) groups is 2. The molecule has 1 aromatic rings. The van der Waals surface area contributed by atoms with Crippen LogP contribution in [0.2, 0.25) is 4.34 Å². The topological polar surface area (TPSA) is 234 Å². The number of aliphatic carboxylic acids is 1. The quantitative estimate of drug-likeness (QED) is 0.0758. The molecule has 2 aliphatic heterocycles. The average Bonchev–Trinajstić information content (AvgIpc) is 3.09. The molecule has 13 nitrogen and oxygen atoms in total. The number of anilines is 1. The summed E-state index contributed by atoms with van der Waals surface area (Å²) in [6, 6.07) is -1.07. The summed E-state index contributed by atoms with van der Waals surface area (Å²) in [5.74, 6) is -2.94. The van der Waals surface area contributed by atoms with E-state index in [1.54, 1.807) is 0 Å². The van der Waals surface area contributed by atoms with E-state index >= 15 is 0 Å².